The third-order valence-corrected chi connectivity index (χ3v) is 7.80. The number of hydrogen-bond donors (Lipinski definition) is 1. The first kappa shape index (κ1) is 22.7. The molecule has 1 saturated carbocycles. The first-order valence-electron chi connectivity index (χ1n) is 12.8. The number of nitrogens with one attached hydrogen (secondary N) is 1. The standard InChI is InChI=1S/C27H39N3O3/c1-18-8-11-30(17-18)10-5-12-33-24-16-22-21(15-23(24)32-3)27(28-9-13-31-2)25-19-6-4-7-20(14-19)26(25)29-22/h15-16,18-20H,4-14,17H2,1-3H3,(H,28,29). The van der Waals surface area contributed by atoms with Crippen LogP contribution < -0.4 is 14.8 Å². The predicted molar refractivity (Wildman–Crippen MR) is 133 cm³/mol. The van der Waals surface area contributed by atoms with Crippen molar-refractivity contribution in [2.75, 3.05) is 58.9 Å². The normalized spacial score (nSPS) is 24.3. The monoisotopic (exact) mass is 453 g/mol. The van der Waals surface area contributed by atoms with Crippen molar-refractivity contribution >= 4 is 16.6 Å². The Morgan fingerprint density at radius 2 is 1.97 bits per heavy atom. The molecule has 2 bridgehead atoms. The van der Waals surface area contributed by atoms with Crippen LogP contribution in [0.4, 0.5) is 5.69 Å². The highest BCUT2D eigenvalue weighted by Crippen LogP contribution is 2.54. The molecule has 3 aliphatic rings. The fourth-order valence-corrected chi connectivity index (χ4v) is 6.17. The van der Waals surface area contributed by atoms with Crippen LogP contribution in [0, 0.1) is 5.92 Å². The Balaban J connectivity index is 1.41. The van der Waals surface area contributed by atoms with Gasteiger partial charge < -0.3 is 24.4 Å². The number of likely N-dealkylation sites (tertiary alicyclic amines) is 1. The van der Waals surface area contributed by atoms with E-state index < -0.39 is 0 Å². The highest BCUT2D eigenvalue weighted by molar-refractivity contribution is 5.96. The summed E-state index contributed by atoms with van der Waals surface area (Å²) in [7, 11) is 3.48. The molecule has 0 radical (unpaired) electrons. The van der Waals surface area contributed by atoms with Crippen molar-refractivity contribution in [3.05, 3.63) is 23.4 Å². The molecule has 1 aromatic heterocycles. The second kappa shape index (κ2) is 10.1. The maximum atomic E-state index is 6.24. The van der Waals surface area contributed by atoms with Crippen LogP contribution in [-0.4, -0.2) is 63.5 Å². The fourth-order valence-electron chi connectivity index (χ4n) is 6.17. The van der Waals surface area contributed by atoms with Gasteiger partial charge in [-0.3, -0.25) is 4.98 Å². The number of anilines is 1. The van der Waals surface area contributed by atoms with Crippen LogP contribution in [0.1, 0.15) is 68.5 Å². The zero-order valence-electron chi connectivity index (χ0n) is 20.5. The lowest BCUT2D eigenvalue weighted by Gasteiger charge is -2.20. The van der Waals surface area contributed by atoms with Gasteiger partial charge in [-0.25, -0.2) is 0 Å². The van der Waals surface area contributed by atoms with Crippen LogP contribution in [-0.2, 0) is 4.74 Å². The number of rotatable bonds is 10. The molecule has 2 aromatic rings. The number of aromatic nitrogens is 1. The maximum absolute atomic E-state index is 6.24. The predicted octanol–water partition coefficient (Wildman–Crippen LogP) is 5.17. The number of hydrogen-bond acceptors (Lipinski definition) is 6. The summed E-state index contributed by atoms with van der Waals surface area (Å²) in [5.41, 5.74) is 4.99. The lowest BCUT2D eigenvalue weighted by atomic mass is 9.87. The van der Waals surface area contributed by atoms with Crippen molar-refractivity contribution in [1.29, 1.82) is 0 Å². The highest BCUT2D eigenvalue weighted by Gasteiger charge is 2.38. The first-order chi connectivity index (χ1) is 16.2. The van der Waals surface area contributed by atoms with Crippen LogP contribution >= 0.6 is 0 Å². The Hall–Kier alpha value is -2.05. The van der Waals surface area contributed by atoms with Crippen molar-refractivity contribution in [1.82, 2.24) is 9.88 Å². The summed E-state index contributed by atoms with van der Waals surface area (Å²) in [6.07, 6.45) is 7.41. The highest BCUT2D eigenvalue weighted by atomic mass is 16.5. The summed E-state index contributed by atoms with van der Waals surface area (Å²) >= 11 is 0. The number of pyridine rings is 1. The Labute approximate surface area is 198 Å². The summed E-state index contributed by atoms with van der Waals surface area (Å²) < 4.78 is 17.3. The number of ether oxygens (including phenoxy) is 3. The minimum absolute atomic E-state index is 0.598. The molecule has 1 N–H and O–H groups in total. The van der Waals surface area contributed by atoms with Gasteiger partial charge in [0.2, 0.25) is 0 Å². The molecule has 2 aliphatic carbocycles. The molecule has 1 saturated heterocycles. The Bertz CT molecular complexity index is 979. The summed E-state index contributed by atoms with van der Waals surface area (Å²) in [5, 5.41) is 4.82. The smallest absolute Gasteiger partial charge is 0.163 e. The van der Waals surface area contributed by atoms with Crippen LogP contribution in [0.5, 0.6) is 11.5 Å². The summed E-state index contributed by atoms with van der Waals surface area (Å²) in [5.74, 6) is 3.63. The van der Waals surface area contributed by atoms with E-state index >= 15 is 0 Å². The van der Waals surface area contributed by atoms with Gasteiger partial charge in [0, 0.05) is 61.1 Å². The van der Waals surface area contributed by atoms with E-state index in [0.29, 0.717) is 25.0 Å². The van der Waals surface area contributed by atoms with Crippen molar-refractivity contribution in [3.63, 3.8) is 0 Å². The molecule has 1 aliphatic heterocycles. The van der Waals surface area contributed by atoms with Gasteiger partial charge in [-0.05, 0) is 56.6 Å². The molecule has 0 amide bonds. The lowest BCUT2D eigenvalue weighted by molar-refractivity contribution is 0.211. The van der Waals surface area contributed by atoms with Crippen molar-refractivity contribution in [2.24, 2.45) is 5.92 Å². The first-order valence-corrected chi connectivity index (χ1v) is 12.8. The average molecular weight is 454 g/mol. The SMILES string of the molecule is COCCNc1c2c(nc3cc(OCCCN4CCC(C)C4)c(OC)cc13)C1CCCC2C1. The third-order valence-electron chi connectivity index (χ3n) is 7.80. The van der Waals surface area contributed by atoms with Crippen molar-refractivity contribution in [3.8, 4) is 11.5 Å². The number of nitrogens with zero attached hydrogens (tertiary/aromatic N) is 2. The third kappa shape index (κ3) is 4.65. The number of methoxy groups -OCH3 is 2. The molecule has 6 nitrogen and oxygen atoms in total. The van der Waals surface area contributed by atoms with Gasteiger partial charge in [-0.15, -0.1) is 0 Å². The van der Waals surface area contributed by atoms with Crippen molar-refractivity contribution < 1.29 is 14.2 Å². The van der Waals surface area contributed by atoms with E-state index in [1.807, 2.05) is 0 Å². The van der Waals surface area contributed by atoms with E-state index in [2.05, 4.69) is 29.3 Å². The van der Waals surface area contributed by atoms with Gasteiger partial charge in [0.1, 0.15) is 0 Å². The topological polar surface area (TPSA) is 55.8 Å². The molecule has 2 fully saturated rings. The molecule has 180 valence electrons. The van der Waals surface area contributed by atoms with E-state index in [1.54, 1.807) is 14.2 Å². The average Bonchev–Trinajstić information content (AvgIpc) is 3.35. The Kier molecular flexibility index (Phi) is 6.93. The molecule has 5 rings (SSSR count). The molecule has 33 heavy (non-hydrogen) atoms. The maximum Gasteiger partial charge on any atom is 0.163 e. The molecule has 3 unspecified atom stereocenters. The second-order valence-corrected chi connectivity index (χ2v) is 10.2. The van der Waals surface area contributed by atoms with E-state index in [0.717, 1.165) is 47.8 Å². The quantitative estimate of drug-likeness (QED) is 0.501. The van der Waals surface area contributed by atoms with E-state index in [1.165, 1.54) is 62.1 Å². The minimum Gasteiger partial charge on any atom is -0.493 e. The Morgan fingerprint density at radius 3 is 2.76 bits per heavy atom. The molecule has 1 aromatic carbocycles. The molecular formula is C27H39N3O3. The molecule has 0 spiro atoms. The summed E-state index contributed by atoms with van der Waals surface area (Å²) in [6, 6.07) is 4.22. The zero-order chi connectivity index (χ0) is 22.8. The number of fused-ring (bicyclic) bond motifs is 6. The molecule has 6 heteroatoms. The Morgan fingerprint density at radius 1 is 1.09 bits per heavy atom. The largest absolute Gasteiger partial charge is 0.493 e. The summed E-state index contributed by atoms with van der Waals surface area (Å²) in [4.78, 5) is 7.76. The summed E-state index contributed by atoms with van der Waals surface area (Å²) in [6.45, 7) is 8.04. The van der Waals surface area contributed by atoms with E-state index in [4.69, 9.17) is 19.2 Å². The fraction of sp³-hybridized carbons (Fsp3) is 0.667. The van der Waals surface area contributed by atoms with Crippen molar-refractivity contribution in [2.45, 2.75) is 57.3 Å². The number of benzene rings is 1. The van der Waals surface area contributed by atoms with Crippen LogP contribution in [0.25, 0.3) is 10.9 Å². The van der Waals surface area contributed by atoms with Gasteiger partial charge in [-0.2, -0.15) is 0 Å². The van der Waals surface area contributed by atoms with Gasteiger partial charge in [0.25, 0.3) is 0 Å². The van der Waals surface area contributed by atoms with Gasteiger partial charge >= 0.3 is 0 Å². The molecule has 3 atom stereocenters. The van der Waals surface area contributed by atoms with Gasteiger partial charge in [0.05, 0.1) is 25.8 Å². The van der Waals surface area contributed by atoms with Crippen LogP contribution in [0.3, 0.4) is 0 Å². The van der Waals surface area contributed by atoms with Gasteiger partial charge in [-0.1, -0.05) is 13.3 Å². The second-order valence-electron chi connectivity index (χ2n) is 10.2. The van der Waals surface area contributed by atoms with Crippen LogP contribution in [0.2, 0.25) is 0 Å². The molecule has 2 heterocycles. The van der Waals surface area contributed by atoms with Crippen LogP contribution in [0.15, 0.2) is 12.1 Å². The minimum atomic E-state index is 0.598. The zero-order valence-corrected chi connectivity index (χ0v) is 20.5. The lowest BCUT2D eigenvalue weighted by Crippen LogP contribution is -2.23. The van der Waals surface area contributed by atoms with Gasteiger partial charge in [0.15, 0.2) is 11.5 Å². The van der Waals surface area contributed by atoms with E-state index in [-0.39, 0.29) is 0 Å². The molecular weight excluding hydrogens is 414 g/mol. The van der Waals surface area contributed by atoms with E-state index in [9.17, 15) is 0 Å².